The normalized spacial score (nSPS) is 16.7. The van der Waals surface area contributed by atoms with Crippen molar-refractivity contribution in [2.45, 2.75) is 6.54 Å². The van der Waals surface area contributed by atoms with Gasteiger partial charge in [-0.05, 0) is 0 Å². The number of hydrogen-bond donors (Lipinski definition) is 3. The lowest BCUT2D eigenvalue weighted by atomic mass is 10.4. The summed E-state index contributed by atoms with van der Waals surface area (Å²) in [6.07, 6.45) is 1.46. The number of rotatable bonds is 2. The van der Waals surface area contributed by atoms with Crippen LogP contribution in [0.15, 0.2) is 16.9 Å². The molecule has 1 aromatic rings. The maximum Gasteiger partial charge on any atom is 0.348 e. The van der Waals surface area contributed by atoms with E-state index in [-0.39, 0.29) is 6.03 Å². The zero-order chi connectivity index (χ0) is 8.39. The minimum absolute atomic E-state index is 0.252. The first-order chi connectivity index (χ1) is 5.86. The molecule has 0 aromatic carbocycles. The first kappa shape index (κ1) is 7.07. The highest BCUT2D eigenvalue weighted by Crippen LogP contribution is 1.99. The summed E-state index contributed by atoms with van der Waals surface area (Å²) in [5, 5.41) is 4.98. The van der Waals surface area contributed by atoms with Gasteiger partial charge >= 0.3 is 6.03 Å². The van der Waals surface area contributed by atoms with E-state index in [0.29, 0.717) is 12.2 Å². The molecule has 1 aromatic heterocycles. The molecule has 2 heterocycles. The van der Waals surface area contributed by atoms with Gasteiger partial charge in [0.25, 0.3) is 0 Å². The highest BCUT2D eigenvalue weighted by Gasteiger charge is 2.19. The molecule has 1 aliphatic heterocycles. The van der Waals surface area contributed by atoms with Crippen molar-refractivity contribution >= 4 is 6.03 Å². The summed E-state index contributed by atoms with van der Waals surface area (Å²) in [7, 11) is 0. The lowest BCUT2D eigenvalue weighted by molar-refractivity contribution is 0.191. The molecule has 0 atom stereocenters. The Labute approximate surface area is 67.6 Å². The Morgan fingerprint density at radius 3 is 3.17 bits per heavy atom. The van der Waals surface area contributed by atoms with Crippen LogP contribution in [0.5, 0.6) is 0 Å². The fourth-order valence-corrected chi connectivity index (χ4v) is 0.860. The van der Waals surface area contributed by atoms with E-state index in [4.69, 9.17) is 0 Å². The van der Waals surface area contributed by atoms with Crippen molar-refractivity contribution in [3.8, 4) is 0 Å². The van der Waals surface area contributed by atoms with Gasteiger partial charge in [-0.15, -0.1) is 11.1 Å². The first-order valence-electron chi connectivity index (χ1n) is 3.34. The van der Waals surface area contributed by atoms with Crippen LogP contribution in [0.4, 0.5) is 4.79 Å². The molecule has 1 fully saturated rings. The molecular formula is C5H7N5O2. The molecule has 3 N–H and O–H groups in total. The third kappa shape index (κ3) is 1.22. The van der Waals surface area contributed by atoms with Gasteiger partial charge in [0.2, 0.25) is 0 Å². The summed E-state index contributed by atoms with van der Waals surface area (Å²) >= 11 is 0. The van der Waals surface area contributed by atoms with Crippen LogP contribution in [0.25, 0.3) is 0 Å². The number of carbonyl (C=O) groups is 1. The molecular weight excluding hydrogens is 162 g/mol. The second kappa shape index (κ2) is 2.80. The molecule has 0 radical (unpaired) electrons. The van der Waals surface area contributed by atoms with Crippen LogP contribution in [0, 0.1) is 0 Å². The predicted molar refractivity (Wildman–Crippen MR) is 36.8 cm³/mol. The number of hydrazine groups is 3. The molecule has 12 heavy (non-hydrogen) atoms. The number of hydrogen-bond acceptors (Lipinski definition) is 5. The minimum atomic E-state index is -0.252. The van der Waals surface area contributed by atoms with Gasteiger partial charge in [0.05, 0.1) is 6.54 Å². The topological polar surface area (TPSA) is 82.4 Å². The second-order valence-corrected chi connectivity index (χ2v) is 2.24. The van der Waals surface area contributed by atoms with E-state index in [2.05, 4.69) is 26.2 Å². The molecule has 1 saturated heterocycles. The number of carbonyl (C=O) groups excluding carboxylic acids is 1. The average Bonchev–Trinajstić information content (AvgIpc) is 2.65. The molecule has 7 heteroatoms. The zero-order valence-corrected chi connectivity index (χ0v) is 6.07. The SMILES string of the molecule is O=C1NNNN1Cc1ccon1. The Kier molecular flexibility index (Phi) is 1.65. The van der Waals surface area contributed by atoms with Gasteiger partial charge in [-0.1, -0.05) is 5.16 Å². The van der Waals surface area contributed by atoms with Crippen molar-refractivity contribution in [1.29, 1.82) is 0 Å². The van der Waals surface area contributed by atoms with Gasteiger partial charge in [0.15, 0.2) is 0 Å². The quantitative estimate of drug-likeness (QED) is 0.535. The van der Waals surface area contributed by atoms with Crippen molar-refractivity contribution in [1.82, 2.24) is 26.7 Å². The smallest absolute Gasteiger partial charge is 0.348 e. The van der Waals surface area contributed by atoms with Crippen molar-refractivity contribution < 1.29 is 9.32 Å². The van der Waals surface area contributed by atoms with Gasteiger partial charge in [-0.25, -0.2) is 9.80 Å². The maximum atomic E-state index is 10.9. The monoisotopic (exact) mass is 169 g/mol. The fourth-order valence-electron chi connectivity index (χ4n) is 0.860. The summed E-state index contributed by atoms with van der Waals surface area (Å²) in [6, 6.07) is 1.44. The second-order valence-electron chi connectivity index (χ2n) is 2.24. The first-order valence-corrected chi connectivity index (χ1v) is 3.34. The molecule has 64 valence electrons. The van der Waals surface area contributed by atoms with Crippen LogP contribution in [0.2, 0.25) is 0 Å². The van der Waals surface area contributed by atoms with E-state index in [9.17, 15) is 4.79 Å². The number of urea groups is 1. The molecule has 0 bridgehead atoms. The third-order valence-electron chi connectivity index (χ3n) is 1.42. The molecule has 2 rings (SSSR count). The molecule has 0 saturated carbocycles. The van der Waals surface area contributed by atoms with Crippen LogP contribution in [-0.2, 0) is 6.54 Å². The predicted octanol–water partition coefficient (Wildman–Crippen LogP) is -0.876. The lowest BCUT2D eigenvalue weighted by Crippen LogP contribution is -2.37. The van der Waals surface area contributed by atoms with E-state index in [1.807, 2.05) is 0 Å². The number of aromatic nitrogens is 1. The molecule has 1 aliphatic rings. The maximum absolute atomic E-state index is 10.9. The Hall–Kier alpha value is -1.60. The van der Waals surface area contributed by atoms with E-state index in [1.54, 1.807) is 6.07 Å². The number of nitrogens with one attached hydrogen (secondary N) is 3. The highest BCUT2D eigenvalue weighted by molar-refractivity contribution is 5.74. The number of amides is 2. The molecule has 0 spiro atoms. The molecule has 0 unspecified atom stereocenters. The van der Waals surface area contributed by atoms with E-state index in [1.165, 1.54) is 11.3 Å². The van der Waals surface area contributed by atoms with Gasteiger partial charge < -0.3 is 4.52 Å². The minimum Gasteiger partial charge on any atom is -0.364 e. The van der Waals surface area contributed by atoms with E-state index >= 15 is 0 Å². The van der Waals surface area contributed by atoms with Crippen molar-refractivity contribution in [3.05, 3.63) is 18.0 Å². The summed E-state index contributed by atoms with van der Waals surface area (Å²) in [5.41, 5.74) is 8.07. The third-order valence-corrected chi connectivity index (χ3v) is 1.42. The van der Waals surface area contributed by atoms with Crippen LogP contribution < -0.4 is 16.5 Å². The lowest BCUT2D eigenvalue weighted by Gasteiger charge is -2.09. The van der Waals surface area contributed by atoms with Crippen LogP contribution >= 0.6 is 0 Å². The van der Waals surface area contributed by atoms with E-state index < -0.39 is 0 Å². The Balaban J connectivity index is 1.99. The molecule has 0 aliphatic carbocycles. The van der Waals surface area contributed by atoms with Crippen LogP contribution in [-0.4, -0.2) is 16.2 Å². The summed E-state index contributed by atoms with van der Waals surface area (Å²) in [4.78, 5) is 10.9. The largest absolute Gasteiger partial charge is 0.364 e. The summed E-state index contributed by atoms with van der Waals surface area (Å²) in [5.74, 6) is 0. The van der Waals surface area contributed by atoms with E-state index in [0.717, 1.165) is 0 Å². The Morgan fingerprint density at radius 2 is 2.58 bits per heavy atom. The average molecular weight is 169 g/mol. The summed E-state index contributed by atoms with van der Waals surface area (Å²) < 4.78 is 4.60. The van der Waals surface area contributed by atoms with Gasteiger partial charge in [0.1, 0.15) is 12.0 Å². The Bertz CT molecular complexity index is 271. The highest BCUT2D eigenvalue weighted by atomic mass is 16.5. The van der Waals surface area contributed by atoms with Crippen molar-refractivity contribution in [2.75, 3.05) is 0 Å². The van der Waals surface area contributed by atoms with Gasteiger partial charge in [-0.3, -0.25) is 5.43 Å². The molecule has 7 nitrogen and oxygen atoms in total. The van der Waals surface area contributed by atoms with Crippen molar-refractivity contribution in [2.24, 2.45) is 0 Å². The van der Waals surface area contributed by atoms with Crippen LogP contribution in [0.1, 0.15) is 5.69 Å². The molecule has 2 amide bonds. The van der Waals surface area contributed by atoms with Crippen LogP contribution in [0.3, 0.4) is 0 Å². The Morgan fingerprint density at radius 1 is 1.67 bits per heavy atom. The standard InChI is InChI=1S/C5H7N5O2/c11-5-6-8-9-10(5)3-4-1-2-12-7-4/h1-2,8-9H,3H2,(H,6,11). The summed E-state index contributed by atoms with van der Waals surface area (Å²) in [6.45, 7) is 0.356. The van der Waals surface area contributed by atoms with Crippen molar-refractivity contribution in [3.63, 3.8) is 0 Å². The fraction of sp³-hybridized carbons (Fsp3) is 0.200. The van der Waals surface area contributed by atoms with Gasteiger partial charge in [0, 0.05) is 6.07 Å². The zero-order valence-electron chi connectivity index (χ0n) is 6.07. The number of nitrogens with zero attached hydrogens (tertiary/aromatic N) is 2. The van der Waals surface area contributed by atoms with Gasteiger partial charge in [-0.2, -0.15) is 0 Å².